The number of ether oxygens (including phenoxy) is 2. The predicted molar refractivity (Wildman–Crippen MR) is 261 cm³/mol. The minimum absolute atomic E-state index is 0.116. The van der Waals surface area contributed by atoms with Crippen LogP contribution in [0.15, 0.2) is 117 Å². The zero-order chi connectivity index (χ0) is 46.0. The molecule has 0 aliphatic heterocycles. The van der Waals surface area contributed by atoms with Crippen molar-refractivity contribution in [1.82, 2.24) is 0 Å². The highest BCUT2D eigenvalue weighted by atomic mass is 79.9. The maximum atomic E-state index is 13.5. The van der Waals surface area contributed by atoms with Crippen LogP contribution in [0.25, 0.3) is 0 Å². The molecule has 4 aliphatic carbocycles. The van der Waals surface area contributed by atoms with Gasteiger partial charge in [-0.3, -0.25) is 14.4 Å². The van der Waals surface area contributed by atoms with Gasteiger partial charge in [0.15, 0.2) is 17.3 Å². The summed E-state index contributed by atoms with van der Waals surface area (Å²) in [6, 6.07) is 23.4. The molecular formula is C54H59Br2NO7. The SMILES string of the molecule is CC=C[C@]1(O)CCC2C3CCC4=CC(=O)CCC4=C3C(c3ccc(N(C)C)cc3)CC21.COc1cc(C(=O)c2cccc(C)c2)c(Oc2c(Br)cc(CC(=O)O)cc2Br)cc1C(C)C. The molecule has 2 N–H and O–H groups in total. The van der Waals surface area contributed by atoms with Crippen LogP contribution in [0, 0.1) is 24.7 Å². The number of ketones is 2. The molecule has 0 bridgehead atoms. The van der Waals surface area contributed by atoms with Gasteiger partial charge in [-0.2, -0.15) is 0 Å². The minimum Gasteiger partial charge on any atom is -0.496 e. The molecule has 4 unspecified atom stereocenters. The number of aliphatic carboxylic acids is 1. The first-order valence-corrected chi connectivity index (χ1v) is 23.9. The lowest BCUT2D eigenvalue weighted by Gasteiger charge is -2.48. The first-order chi connectivity index (χ1) is 30.5. The number of aryl methyl sites for hydroxylation is 1. The first-order valence-electron chi connectivity index (χ1n) is 22.3. The zero-order valence-electron chi connectivity index (χ0n) is 37.8. The largest absolute Gasteiger partial charge is 0.496 e. The molecule has 5 atom stereocenters. The van der Waals surface area contributed by atoms with E-state index in [1.54, 1.807) is 36.9 Å². The van der Waals surface area contributed by atoms with Gasteiger partial charge >= 0.3 is 5.97 Å². The molecule has 0 amide bonds. The fourth-order valence-electron chi connectivity index (χ4n) is 10.6. The number of rotatable bonds is 11. The van der Waals surface area contributed by atoms with Gasteiger partial charge in [-0.1, -0.05) is 67.5 Å². The topological polar surface area (TPSA) is 113 Å². The molecule has 4 aromatic carbocycles. The van der Waals surface area contributed by atoms with Crippen LogP contribution in [0.1, 0.15) is 116 Å². The lowest BCUT2D eigenvalue weighted by atomic mass is 9.57. The van der Waals surface area contributed by atoms with Crippen LogP contribution in [0.4, 0.5) is 5.69 Å². The summed E-state index contributed by atoms with van der Waals surface area (Å²) in [7, 11) is 5.73. The van der Waals surface area contributed by atoms with Gasteiger partial charge in [0.25, 0.3) is 0 Å². The third-order valence-corrected chi connectivity index (χ3v) is 14.8. The van der Waals surface area contributed by atoms with Gasteiger partial charge in [0.2, 0.25) is 0 Å². The number of hydrogen-bond donors (Lipinski definition) is 2. The second kappa shape index (κ2) is 19.8. The molecule has 0 spiro atoms. The highest BCUT2D eigenvalue weighted by molar-refractivity contribution is 9.11. The molecule has 8 rings (SSSR count). The van der Waals surface area contributed by atoms with E-state index in [0.717, 1.165) is 49.7 Å². The van der Waals surface area contributed by atoms with Crippen LogP contribution in [0.5, 0.6) is 17.2 Å². The van der Waals surface area contributed by atoms with Crippen LogP contribution in [-0.4, -0.2) is 54.6 Å². The van der Waals surface area contributed by atoms with E-state index in [1.165, 1.54) is 22.4 Å². The number of halogens is 2. The van der Waals surface area contributed by atoms with Crippen LogP contribution in [-0.2, 0) is 16.0 Å². The summed E-state index contributed by atoms with van der Waals surface area (Å²) < 4.78 is 13.0. The van der Waals surface area contributed by atoms with E-state index in [1.807, 2.05) is 64.1 Å². The number of methoxy groups -OCH3 is 1. The fraction of sp³-hybridized carbons (Fsp3) is 0.389. The molecule has 0 radical (unpaired) electrons. The molecule has 0 heterocycles. The average Bonchev–Trinajstić information content (AvgIpc) is 3.59. The summed E-state index contributed by atoms with van der Waals surface area (Å²) in [6.07, 6.45) is 12.6. The lowest BCUT2D eigenvalue weighted by Crippen LogP contribution is -2.42. The summed E-state index contributed by atoms with van der Waals surface area (Å²) in [5, 5.41) is 20.7. The van der Waals surface area contributed by atoms with E-state index < -0.39 is 11.6 Å². The van der Waals surface area contributed by atoms with Crippen LogP contribution in [0.3, 0.4) is 0 Å². The molecule has 64 heavy (non-hydrogen) atoms. The number of hydrogen-bond acceptors (Lipinski definition) is 7. The summed E-state index contributed by atoms with van der Waals surface area (Å²) in [5.41, 5.74) is 9.72. The van der Waals surface area contributed by atoms with Gasteiger partial charge in [0, 0.05) is 43.2 Å². The minimum atomic E-state index is -0.926. The average molecular weight is 994 g/mol. The number of benzene rings is 4. The Bertz CT molecular complexity index is 2510. The van der Waals surface area contributed by atoms with Crippen molar-refractivity contribution >= 4 is 55.1 Å². The number of fused-ring (bicyclic) bond motifs is 4. The number of allylic oxidation sites excluding steroid dienone is 5. The van der Waals surface area contributed by atoms with Crippen molar-refractivity contribution in [3.63, 3.8) is 0 Å². The molecule has 336 valence electrons. The number of carbonyl (C=O) groups excluding carboxylic acids is 2. The van der Waals surface area contributed by atoms with Crippen molar-refractivity contribution in [3.8, 4) is 17.2 Å². The third kappa shape index (κ3) is 9.89. The number of carbonyl (C=O) groups is 3. The maximum Gasteiger partial charge on any atom is 0.307 e. The lowest BCUT2D eigenvalue weighted by molar-refractivity contribution is -0.136. The predicted octanol–water partition coefficient (Wildman–Crippen LogP) is 12.9. The Hall–Kier alpha value is -4.77. The standard InChI is InChI=1S/C28H35NO2.C26H24Br2O5/c1-4-14-28(31)15-13-23-24-11-7-19-16-21(30)10-12-22(19)27(24)25(17-26(23)28)18-5-8-20(9-6-18)29(2)3;1-14(2)18-12-23(33-26-20(27)9-16(10-21(26)28)11-24(29)30)19(13-22(18)32-4)25(31)17-7-5-6-15(3)8-17/h4-6,8-9,14,16,23-26,31H,7,10-13,15,17H2,1-3H3;5-10,12-14H,11H2,1-4H3,(H,29,30)/t23?,24?,25?,26?,28-;/m0./s1. The third-order valence-electron chi connectivity index (χ3n) is 13.6. The second-order valence-electron chi connectivity index (χ2n) is 18.3. The Labute approximate surface area is 394 Å². The number of carboxylic acids is 1. The molecule has 2 fully saturated rings. The van der Waals surface area contributed by atoms with Crippen molar-refractivity contribution in [2.75, 3.05) is 26.1 Å². The van der Waals surface area contributed by atoms with Gasteiger partial charge < -0.3 is 24.6 Å². The molecule has 10 heteroatoms. The second-order valence-corrected chi connectivity index (χ2v) is 20.0. The molecule has 4 aromatic rings. The Balaban J connectivity index is 0.000000192. The summed E-state index contributed by atoms with van der Waals surface area (Å²) in [4.78, 5) is 38.8. The van der Waals surface area contributed by atoms with Crippen molar-refractivity contribution in [3.05, 3.63) is 150 Å². The summed E-state index contributed by atoms with van der Waals surface area (Å²) >= 11 is 6.96. The van der Waals surface area contributed by atoms with E-state index in [-0.39, 0.29) is 18.1 Å². The molecular weight excluding hydrogens is 934 g/mol. The van der Waals surface area contributed by atoms with Gasteiger partial charge in [0.05, 0.1) is 33.6 Å². The highest BCUT2D eigenvalue weighted by Gasteiger charge is 2.54. The highest BCUT2D eigenvalue weighted by Crippen LogP contribution is 2.61. The van der Waals surface area contributed by atoms with Crippen molar-refractivity contribution < 1.29 is 34.1 Å². The van der Waals surface area contributed by atoms with Crippen LogP contribution in [0.2, 0.25) is 0 Å². The fourth-order valence-corrected chi connectivity index (χ4v) is 12.1. The first kappa shape index (κ1) is 47.2. The van der Waals surface area contributed by atoms with Crippen molar-refractivity contribution in [2.24, 2.45) is 17.8 Å². The van der Waals surface area contributed by atoms with E-state index in [9.17, 15) is 19.5 Å². The van der Waals surface area contributed by atoms with Gasteiger partial charge in [-0.05, 0) is 179 Å². The number of carboxylic acid groups (broad SMARTS) is 1. The zero-order valence-corrected chi connectivity index (χ0v) is 41.0. The van der Waals surface area contributed by atoms with Crippen molar-refractivity contribution in [1.29, 1.82) is 0 Å². The Morgan fingerprint density at radius 2 is 1.67 bits per heavy atom. The van der Waals surface area contributed by atoms with Gasteiger partial charge in [-0.15, -0.1) is 0 Å². The Kier molecular flexibility index (Phi) is 14.6. The summed E-state index contributed by atoms with van der Waals surface area (Å²) in [6.45, 7) is 8.03. The molecule has 0 saturated heterocycles. The number of aliphatic hydroxyl groups is 1. The monoisotopic (exact) mass is 991 g/mol. The van der Waals surface area contributed by atoms with E-state index in [0.29, 0.717) is 78.8 Å². The maximum absolute atomic E-state index is 13.5. The smallest absolute Gasteiger partial charge is 0.307 e. The van der Waals surface area contributed by atoms with E-state index in [4.69, 9.17) is 14.6 Å². The van der Waals surface area contributed by atoms with E-state index >= 15 is 0 Å². The van der Waals surface area contributed by atoms with Gasteiger partial charge in [0.1, 0.15) is 11.5 Å². The van der Waals surface area contributed by atoms with Crippen LogP contribution < -0.4 is 14.4 Å². The van der Waals surface area contributed by atoms with Gasteiger partial charge in [-0.25, -0.2) is 0 Å². The Morgan fingerprint density at radius 3 is 2.30 bits per heavy atom. The number of anilines is 1. The Morgan fingerprint density at radius 1 is 0.953 bits per heavy atom. The van der Waals surface area contributed by atoms with E-state index in [2.05, 4.69) is 81.2 Å². The number of nitrogens with zero attached hydrogens (tertiary/aromatic N) is 1. The van der Waals surface area contributed by atoms with Crippen molar-refractivity contribution in [2.45, 2.75) is 96.5 Å². The molecule has 2 saturated carbocycles. The quantitative estimate of drug-likeness (QED) is 0.113. The molecule has 0 aromatic heterocycles. The normalized spacial score (nSPS) is 22.5. The molecule has 4 aliphatic rings. The van der Waals surface area contributed by atoms with Crippen LogP contribution >= 0.6 is 31.9 Å². The summed E-state index contributed by atoms with van der Waals surface area (Å²) in [5.74, 6) is 2.51. The molecule has 8 nitrogen and oxygen atoms in total.